The number of anilines is 3. The van der Waals surface area contributed by atoms with Gasteiger partial charge in [-0.2, -0.15) is 0 Å². The number of hydrogen-bond donors (Lipinski definition) is 1. The summed E-state index contributed by atoms with van der Waals surface area (Å²) in [5.74, 6) is -0.0842. The van der Waals surface area contributed by atoms with Gasteiger partial charge in [0.2, 0.25) is 5.91 Å². The monoisotopic (exact) mass is 422 g/mol. The van der Waals surface area contributed by atoms with Crippen LogP contribution in [-0.4, -0.2) is 69.2 Å². The maximum absolute atomic E-state index is 13.5. The highest BCUT2D eigenvalue weighted by atomic mass is 16.5. The predicted molar refractivity (Wildman–Crippen MR) is 123 cm³/mol. The van der Waals surface area contributed by atoms with Crippen molar-refractivity contribution >= 4 is 28.9 Å². The molecule has 0 saturated carbocycles. The van der Waals surface area contributed by atoms with Crippen molar-refractivity contribution in [2.24, 2.45) is 0 Å². The molecule has 1 N–H and O–H groups in total. The SMILES string of the molecule is CC(=O)Nc1ccc(C(=O)N2CCN(c3cccc(C)c3)CC2)c(N2CCOCC2)c1. The summed E-state index contributed by atoms with van der Waals surface area (Å²) in [5.41, 5.74) is 4.70. The van der Waals surface area contributed by atoms with Crippen LogP contribution in [0.2, 0.25) is 0 Å². The van der Waals surface area contributed by atoms with Crippen molar-refractivity contribution in [3.05, 3.63) is 53.6 Å². The summed E-state index contributed by atoms with van der Waals surface area (Å²) in [5, 5.41) is 2.83. The summed E-state index contributed by atoms with van der Waals surface area (Å²) in [7, 11) is 0. The topological polar surface area (TPSA) is 65.1 Å². The third-order valence-electron chi connectivity index (χ3n) is 5.83. The molecule has 2 aromatic rings. The van der Waals surface area contributed by atoms with E-state index in [0.29, 0.717) is 37.6 Å². The van der Waals surface area contributed by atoms with Crippen molar-refractivity contribution in [2.75, 3.05) is 67.6 Å². The number of hydrogen-bond acceptors (Lipinski definition) is 5. The minimum Gasteiger partial charge on any atom is -0.378 e. The molecule has 2 aliphatic heterocycles. The molecule has 2 aliphatic rings. The number of nitrogens with zero attached hydrogens (tertiary/aromatic N) is 3. The second kappa shape index (κ2) is 9.39. The van der Waals surface area contributed by atoms with Gasteiger partial charge in [0.1, 0.15) is 0 Å². The first-order valence-corrected chi connectivity index (χ1v) is 10.9. The molecule has 31 heavy (non-hydrogen) atoms. The smallest absolute Gasteiger partial charge is 0.256 e. The van der Waals surface area contributed by atoms with Crippen LogP contribution in [-0.2, 0) is 9.53 Å². The molecule has 2 fully saturated rings. The molecule has 0 bridgehead atoms. The summed E-state index contributed by atoms with van der Waals surface area (Å²) in [6, 6.07) is 14.0. The van der Waals surface area contributed by atoms with Crippen molar-refractivity contribution < 1.29 is 14.3 Å². The largest absolute Gasteiger partial charge is 0.378 e. The van der Waals surface area contributed by atoms with Crippen LogP contribution >= 0.6 is 0 Å². The third kappa shape index (κ3) is 4.99. The third-order valence-corrected chi connectivity index (χ3v) is 5.83. The molecule has 0 atom stereocenters. The van der Waals surface area contributed by atoms with E-state index in [2.05, 4.69) is 46.3 Å². The van der Waals surface area contributed by atoms with Crippen molar-refractivity contribution in [3.63, 3.8) is 0 Å². The first-order valence-electron chi connectivity index (χ1n) is 10.9. The Morgan fingerprint density at radius 2 is 1.65 bits per heavy atom. The van der Waals surface area contributed by atoms with Crippen molar-refractivity contribution in [1.82, 2.24) is 4.90 Å². The average Bonchev–Trinajstić information content (AvgIpc) is 2.79. The fourth-order valence-electron chi connectivity index (χ4n) is 4.22. The Balaban J connectivity index is 1.51. The number of carbonyl (C=O) groups excluding carboxylic acids is 2. The molecule has 4 rings (SSSR count). The number of rotatable bonds is 4. The molecule has 7 heteroatoms. The lowest BCUT2D eigenvalue weighted by Gasteiger charge is -2.37. The van der Waals surface area contributed by atoms with Gasteiger partial charge in [0.05, 0.1) is 24.5 Å². The first kappa shape index (κ1) is 21.2. The van der Waals surface area contributed by atoms with Crippen molar-refractivity contribution in [3.8, 4) is 0 Å². The molecular formula is C24H30N4O3. The second-order valence-corrected chi connectivity index (χ2v) is 8.13. The molecule has 2 aromatic carbocycles. The molecule has 2 heterocycles. The lowest BCUT2D eigenvalue weighted by molar-refractivity contribution is -0.114. The summed E-state index contributed by atoms with van der Waals surface area (Å²) >= 11 is 0. The summed E-state index contributed by atoms with van der Waals surface area (Å²) in [6.45, 7) is 9.29. The molecule has 2 saturated heterocycles. The van der Waals surface area contributed by atoms with Crippen LogP contribution in [0.15, 0.2) is 42.5 Å². The quantitative estimate of drug-likeness (QED) is 0.821. The zero-order valence-electron chi connectivity index (χ0n) is 18.3. The van der Waals surface area contributed by atoms with Gasteiger partial charge in [-0.15, -0.1) is 0 Å². The Morgan fingerprint density at radius 3 is 2.32 bits per heavy atom. The van der Waals surface area contributed by atoms with Gasteiger partial charge in [0.15, 0.2) is 0 Å². The van der Waals surface area contributed by atoms with E-state index in [1.807, 2.05) is 23.1 Å². The number of ether oxygens (including phenoxy) is 1. The van der Waals surface area contributed by atoms with Crippen LogP contribution in [0.4, 0.5) is 17.1 Å². The van der Waals surface area contributed by atoms with E-state index in [9.17, 15) is 9.59 Å². The summed E-state index contributed by atoms with van der Waals surface area (Å²) < 4.78 is 5.48. The maximum Gasteiger partial charge on any atom is 0.256 e. The van der Waals surface area contributed by atoms with E-state index in [-0.39, 0.29) is 11.8 Å². The fraction of sp³-hybridized carbons (Fsp3) is 0.417. The molecule has 0 radical (unpaired) electrons. The Hall–Kier alpha value is -3.06. The predicted octanol–water partition coefficient (Wildman–Crippen LogP) is 2.75. The number of benzene rings is 2. The molecule has 0 aliphatic carbocycles. The molecule has 7 nitrogen and oxygen atoms in total. The zero-order chi connectivity index (χ0) is 21.8. The standard InChI is InChI=1S/C24H30N4O3/c1-18-4-3-5-21(16-18)26-8-10-28(11-9-26)24(30)22-7-6-20(25-19(2)29)17-23(22)27-12-14-31-15-13-27/h3-7,16-17H,8-15H2,1-2H3,(H,25,29). The van der Waals surface area contributed by atoms with Crippen LogP contribution in [0.1, 0.15) is 22.8 Å². The fourth-order valence-corrected chi connectivity index (χ4v) is 4.22. The van der Waals surface area contributed by atoms with Crippen LogP contribution in [0.5, 0.6) is 0 Å². The average molecular weight is 423 g/mol. The van der Waals surface area contributed by atoms with Gasteiger partial charge in [-0.1, -0.05) is 12.1 Å². The van der Waals surface area contributed by atoms with E-state index in [1.54, 1.807) is 0 Å². The van der Waals surface area contributed by atoms with Gasteiger partial charge in [0.25, 0.3) is 5.91 Å². The van der Waals surface area contributed by atoms with E-state index in [1.165, 1.54) is 18.2 Å². The van der Waals surface area contributed by atoms with Crippen molar-refractivity contribution in [1.29, 1.82) is 0 Å². The number of nitrogens with one attached hydrogen (secondary N) is 1. The van der Waals surface area contributed by atoms with E-state index in [0.717, 1.165) is 31.9 Å². The van der Waals surface area contributed by atoms with Gasteiger partial charge in [-0.25, -0.2) is 0 Å². The molecular weight excluding hydrogens is 392 g/mol. The maximum atomic E-state index is 13.5. The van der Waals surface area contributed by atoms with Gasteiger partial charge in [-0.05, 0) is 42.8 Å². The Kier molecular flexibility index (Phi) is 6.42. The van der Waals surface area contributed by atoms with Crippen LogP contribution in [0.25, 0.3) is 0 Å². The number of morpholine rings is 1. The minimum atomic E-state index is -0.126. The highest BCUT2D eigenvalue weighted by Crippen LogP contribution is 2.28. The minimum absolute atomic E-state index is 0.0414. The molecule has 164 valence electrons. The van der Waals surface area contributed by atoms with Gasteiger partial charge in [0, 0.05) is 57.6 Å². The highest BCUT2D eigenvalue weighted by molar-refractivity contribution is 6.01. The van der Waals surface area contributed by atoms with Gasteiger partial charge < -0.3 is 24.8 Å². The Bertz CT molecular complexity index is 948. The van der Waals surface area contributed by atoms with E-state index in [4.69, 9.17) is 4.74 Å². The number of carbonyl (C=O) groups is 2. The van der Waals surface area contributed by atoms with Crippen LogP contribution in [0, 0.1) is 6.92 Å². The summed E-state index contributed by atoms with van der Waals surface area (Å²) in [4.78, 5) is 31.4. The number of aryl methyl sites for hydroxylation is 1. The molecule has 0 aromatic heterocycles. The highest BCUT2D eigenvalue weighted by Gasteiger charge is 2.26. The number of piperazine rings is 1. The van der Waals surface area contributed by atoms with Crippen LogP contribution in [0.3, 0.4) is 0 Å². The first-order chi connectivity index (χ1) is 15.0. The molecule has 2 amide bonds. The summed E-state index contributed by atoms with van der Waals surface area (Å²) in [6.07, 6.45) is 0. The zero-order valence-corrected chi connectivity index (χ0v) is 18.3. The van der Waals surface area contributed by atoms with E-state index < -0.39 is 0 Å². The Morgan fingerprint density at radius 1 is 0.903 bits per heavy atom. The number of amides is 2. The molecule has 0 unspecified atom stereocenters. The normalized spacial score (nSPS) is 16.9. The molecule has 0 spiro atoms. The Labute approximate surface area is 183 Å². The van der Waals surface area contributed by atoms with E-state index >= 15 is 0 Å². The van der Waals surface area contributed by atoms with Crippen LogP contribution < -0.4 is 15.1 Å². The lowest BCUT2D eigenvalue weighted by Crippen LogP contribution is -2.49. The lowest BCUT2D eigenvalue weighted by atomic mass is 10.1. The van der Waals surface area contributed by atoms with Crippen molar-refractivity contribution in [2.45, 2.75) is 13.8 Å². The van der Waals surface area contributed by atoms with Gasteiger partial charge in [-0.3, -0.25) is 9.59 Å². The van der Waals surface area contributed by atoms with Gasteiger partial charge >= 0.3 is 0 Å². The second-order valence-electron chi connectivity index (χ2n) is 8.13.